The van der Waals surface area contributed by atoms with Crippen molar-refractivity contribution in [2.24, 2.45) is 0 Å². The Labute approximate surface area is 103 Å². The van der Waals surface area contributed by atoms with Crippen molar-refractivity contribution >= 4 is 11.1 Å². The number of halogens is 3. The third-order valence-corrected chi connectivity index (χ3v) is 2.62. The molecule has 0 spiro atoms. The smallest absolute Gasteiger partial charge is 0.337 e. The summed E-state index contributed by atoms with van der Waals surface area (Å²) in [5.74, 6) is 0. The summed E-state index contributed by atoms with van der Waals surface area (Å²) >= 11 is 0. The third-order valence-electron chi connectivity index (χ3n) is 2.62. The van der Waals surface area contributed by atoms with Crippen molar-refractivity contribution in [3.63, 3.8) is 0 Å². The normalized spacial score (nSPS) is 12.2. The predicted octanol–water partition coefficient (Wildman–Crippen LogP) is 1.50. The van der Waals surface area contributed by atoms with Crippen LogP contribution in [0.3, 0.4) is 0 Å². The number of rotatable bonds is 3. The molecule has 0 saturated heterocycles. The molecule has 2 rings (SSSR count). The lowest BCUT2D eigenvalue weighted by Crippen LogP contribution is -2.35. The van der Waals surface area contributed by atoms with Crippen LogP contribution in [0, 0.1) is 0 Å². The average molecular weight is 277 g/mol. The Balaban J connectivity index is 2.74. The number of aromatic amines is 1. The minimum Gasteiger partial charge on any atom is -0.337 e. The van der Waals surface area contributed by atoms with E-state index in [1.165, 1.54) is 0 Å². The summed E-state index contributed by atoms with van der Waals surface area (Å²) in [6.07, 6.45) is -3.62. The minimum absolute atomic E-state index is 0.0447. The van der Waals surface area contributed by atoms with Crippen molar-refractivity contribution in [1.82, 2.24) is 14.7 Å². The van der Waals surface area contributed by atoms with Crippen LogP contribution in [0.15, 0.2) is 14.1 Å². The summed E-state index contributed by atoms with van der Waals surface area (Å²) in [6, 6.07) is 0. The van der Waals surface area contributed by atoms with Crippen LogP contribution in [0.25, 0.3) is 11.1 Å². The van der Waals surface area contributed by atoms with Crippen LogP contribution in [0.5, 0.6) is 0 Å². The maximum absolute atomic E-state index is 12.7. The van der Waals surface area contributed by atoms with E-state index in [0.29, 0.717) is 12.8 Å². The lowest BCUT2D eigenvalue weighted by molar-refractivity contribution is -0.141. The number of H-pyrrole nitrogens is 1. The summed E-state index contributed by atoms with van der Waals surface area (Å²) in [5.41, 5.74) is -3.83. The number of fused-ring (bicyclic) bond motifs is 1. The van der Waals surface area contributed by atoms with E-state index >= 15 is 0 Å². The van der Waals surface area contributed by atoms with Gasteiger partial charge in [-0.1, -0.05) is 18.5 Å². The zero-order valence-electron chi connectivity index (χ0n) is 9.87. The van der Waals surface area contributed by atoms with E-state index in [4.69, 9.17) is 0 Å². The minimum atomic E-state index is -4.81. The van der Waals surface area contributed by atoms with E-state index in [2.05, 4.69) is 14.7 Å². The second kappa shape index (κ2) is 4.56. The molecule has 9 heteroatoms. The molecule has 104 valence electrons. The maximum Gasteiger partial charge on any atom is 0.437 e. The number of nitrogens with one attached hydrogen (secondary N) is 1. The first-order chi connectivity index (χ1) is 8.86. The standard InChI is InChI=1S/C10H10F3N3O3/c1-2-3-4-16-8(17)5-6(10(11,12)13)15-19-7(5)14-9(16)18/h2-4H2,1H3,(H,14,18). The molecule has 0 aliphatic rings. The van der Waals surface area contributed by atoms with Gasteiger partial charge in [0.15, 0.2) is 0 Å². The molecule has 0 aliphatic heterocycles. The lowest BCUT2D eigenvalue weighted by atomic mass is 10.3. The average Bonchev–Trinajstić information content (AvgIpc) is 2.72. The maximum atomic E-state index is 12.7. The first kappa shape index (κ1) is 13.4. The van der Waals surface area contributed by atoms with Gasteiger partial charge >= 0.3 is 11.9 Å². The predicted molar refractivity (Wildman–Crippen MR) is 58.8 cm³/mol. The van der Waals surface area contributed by atoms with Gasteiger partial charge < -0.3 is 4.52 Å². The SMILES string of the molecule is CCCCn1c(=O)[nH]c2onc(C(F)(F)F)c2c1=O. The van der Waals surface area contributed by atoms with Gasteiger partial charge in [0.05, 0.1) is 0 Å². The Bertz CT molecular complexity index is 711. The Hall–Kier alpha value is -2.06. The van der Waals surface area contributed by atoms with Crippen LogP contribution in [-0.2, 0) is 12.7 Å². The molecule has 0 amide bonds. The van der Waals surface area contributed by atoms with Gasteiger partial charge in [0.2, 0.25) is 11.4 Å². The fourth-order valence-electron chi connectivity index (χ4n) is 1.68. The Morgan fingerprint density at radius 2 is 2.05 bits per heavy atom. The van der Waals surface area contributed by atoms with Crippen LogP contribution in [0.4, 0.5) is 13.2 Å². The second-order valence-corrected chi connectivity index (χ2v) is 3.97. The highest BCUT2D eigenvalue weighted by molar-refractivity contribution is 5.74. The summed E-state index contributed by atoms with van der Waals surface area (Å²) in [6.45, 7) is 1.88. The van der Waals surface area contributed by atoms with Gasteiger partial charge in [-0.3, -0.25) is 14.3 Å². The van der Waals surface area contributed by atoms with Gasteiger partial charge in [0, 0.05) is 6.54 Å². The van der Waals surface area contributed by atoms with Gasteiger partial charge in [-0.05, 0) is 6.42 Å². The molecule has 0 bridgehead atoms. The number of unbranched alkanes of at least 4 members (excludes halogenated alkanes) is 1. The van der Waals surface area contributed by atoms with Crippen LogP contribution < -0.4 is 11.2 Å². The van der Waals surface area contributed by atoms with Crippen molar-refractivity contribution in [3.05, 3.63) is 26.5 Å². The van der Waals surface area contributed by atoms with Crippen LogP contribution >= 0.6 is 0 Å². The molecule has 2 aromatic rings. The number of aromatic nitrogens is 3. The van der Waals surface area contributed by atoms with Crippen molar-refractivity contribution in [2.75, 3.05) is 0 Å². The Morgan fingerprint density at radius 1 is 1.37 bits per heavy atom. The monoisotopic (exact) mass is 277 g/mol. The number of alkyl halides is 3. The molecule has 0 fully saturated rings. The Kier molecular flexibility index (Phi) is 3.21. The van der Waals surface area contributed by atoms with Gasteiger partial charge in [-0.25, -0.2) is 4.79 Å². The highest BCUT2D eigenvalue weighted by Gasteiger charge is 2.39. The largest absolute Gasteiger partial charge is 0.437 e. The zero-order chi connectivity index (χ0) is 14.2. The molecule has 0 aliphatic carbocycles. The first-order valence-corrected chi connectivity index (χ1v) is 5.56. The Morgan fingerprint density at radius 3 is 2.63 bits per heavy atom. The highest BCUT2D eigenvalue weighted by atomic mass is 19.4. The molecule has 0 aromatic carbocycles. The van der Waals surface area contributed by atoms with E-state index in [9.17, 15) is 22.8 Å². The molecule has 0 saturated carbocycles. The quantitative estimate of drug-likeness (QED) is 0.921. The van der Waals surface area contributed by atoms with E-state index in [-0.39, 0.29) is 6.54 Å². The van der Waals surface area contributed by atoms with Gasteiger partial charge in [-0.2, -0.15) is 13.2 Å². The van der Waals surface area contributed by atoms with Crippen molar-refractivity contribution in [1.29, 1.82) is 0 Å². The number of hydrogen-bond acceptors (Lipinski definition) is 4. The van der Waals surface area contributed by atoms with E-state index in [0.717, 1.165) is 4.57 Å². The molecule has 2 heterocycles. The summed E-state index contributed by atoms with van der Waals surface area (Å²) in [4.78, 5) is 25.6. The molecule has 0 unspecified atom stereocenters. The molecule has 1 N–H and O–H groups in total. The number of nitrogens with zero attached hydrogens (tertiary/aromatic N) is 2. The van der Waals surface area contributed by atoms with Gasteiger partial charge in [-0.15, -0.1) is 0 Å². The third kappa shape index (κ3) is 2.27. The zero-order valence-corrected chi connectivity index (χ0v) is 9.87. The van der Waals surface area contributed by atoms with E-state index in [1.54, 1.807) is 0 Å². The van der Waals surface area contributed by atoms with Crippen molar-refractivity contribution < 1.29 is 17.7 Å². The van der Waals surface area contributed by atoms with Crippen molar-refractivity contribution in [2.45, 2.75) is 32.5 Å². The summed E-state index contributed by atoms with van der Waals surface area (Å²) in [7, 11) is 0. The van der Waals surface area contributed by atoms with Crippen LogP contribution in [0.2, 0.25) is 0 Å². The second-order valence-electron chi connectivity index (χ2n) is 3.97. The lowest BCUT2D eigenvalue weighted by Gasteiger charge is -2.04. The molecule has 19 heavy (non-hydrogen) atoms. The van der Waals surface area contributed by atoms with E-state index in [1.807, 2.05) is 6.92 Å². The van der Waals surface area contributed by atoms with E-state index < -0.39 is 34.2 Å². The number of hydrogen-bond donors (Lipinski definition) is 1. The summed E-state index contributed by atoms with van der Waals surface area (Å²) in [5, 5.41) is 2.06. The molecular formula is C10H10F3N3O3. The highest BCUT2D eigenvalue weighted by Crippen LogP contribution is 2.31. The fourth-order valence-corrected chi connectivity index (χ4v) is 1.68. The summed E-state index contributed by atoms with van der Waals surface area (Å²) < 4.78 is 43.0. The molecule has 0 atom stereocenters. The van der Waals surface area contributed by atoms with Gasteiger partial charge in [0.1, 0.15) is 5.39 Å². The fraction of sp³-hybridized carbons (Fsp3) is 0.500. The topological polar surface area (TPSA) is 80.9 Å². The molecule has 0 radical (unpaired) electrons. The molecular weight excluding hydrogens is 267 g/mol. The van der Waals surface area contributed by atoms with Crippen LogP contribution in [-0.4, -0.2) is 14.7 Å². The molecule has 2 aromatic heterocycles. The molecule has 6 nitrogen and oxygen atoms in total. The first-order valence-electron chi connectivity index (χ1n) is 5.56. The van der Waals surface area contributed by atoms with Gasteiger partial charge in [0.25, 0.3) is 5.56 Å². The van der Waals surface area contributed by atoms with Crippen molar-refractivity contribution in [3.8, 4) is 0 Å². The van der Waals surface area contributed by atoms with Crippen LogP contribution in [0.1, 0.15) is 25.5 Å².